The minimum atomic E-state index is -0.111. The van der Waals surface area contributed by atoms with Gasteiger partial charge in [-0.3, -0.25) is 5.32 Å². The predicted octanol–water partition coefficient (Wildman–Crippen LogP) is 4.43. The van der Waals surface area contributed by atoms with Crippen LogP contribution in [0, 0.1) is 0 Å². The number of rotatable bonds is 4. The fraction of sp³-hybridized carbons (Fsp3) is 0.500. The van der Waals surface area contributed by atoms with Crippen LogP contribution in [0.1, 0.15) is 64.0 Å². The highest BCUT2D eigenvalue weighted by molar-refractivity contribution is 6.30. The van der Waals surface area contributed by atoms with Gasteiger partial charge in [0.1, 0.15) is 0 Å². The molecule has 1 N–H and O–H groups in total. The lowest BCUT2D eigenvalue weighted by Crippen LogP contribution is -2.23. The largest absolute Gasteiger partial charge is 0.338 e. The summed E-state index contributed by atoms with van der Waals surface area (Å²) in [6.45, 7) is 10.3. The van der Waals surface area contributed by atoms with Crippen LogP contribution in [0.4, 0.5) is 0 Å². The first-order valence-corrected chi connectivity index (χ1v) is 7.51. The van der Waals surface area contributed by atoms with Crippen molar-refractivity contribution in [1.29, 1.82) is 0 Å². The van der Waals surface area contributed by atoms with Crippen LogP contribution in [-0.4, -0.2) is 10.1 Å². The standard InChI is InChI=1S/C16H22ClN3O/c1-10(12-7-6-8-13(17)9-12)18-11(2)14-19-15(20-21-14)16(3,4)5/h6-11,18H,1-5H3. The van der Waals surface area contributed by atoms with Crippen molar-refractivity contribution < 1.29 is 4.52 Å². The minimum Gasteiger partial charge on any atom is -0.338 e. The molecule has 0 saturated carbocycles. The number of halogens is 1. The van der Waals surface area contributed by atoms with E-state index >= 15 is 0 Å². The van der Waals surface area contributed by atoms with Crippen LogP contribution in [0.15, 0.2) is 28.8 Å². The number of benzene rings is 1. The van der Waals surface area contributed by atoms with Crippen LogP contribution in [0.25, 0.3) is 0 Å². The lowest BCUT2D eigenvalue weighted by atomic mass is 9.96. The van der Waals surface area contributed by atoms with E-state index in [0.29, 0.717) is 5.89 Å². The van der Waals surface area contributed by atoms with Crippen LogP contribution in [-0.2, 0) is 5.41 Å². The molecule has 0 radical (unpaired) electrons. The lowest BCUT2D eigenvalue weighted by molar-refractivity contribution is 0.321. The van der Waals surface area contributed by atoms with E-state index < -0.39 is 0 Å². The van der Waals surface area contributed by atoms with Gasteiger partial charge >= 0.3 is 0 Å². The maximum Gasteiger partial charge on any atom is 0.243 e. The molecule has 0 amide bonds. The average molecular weight is 308 g/mol. The zero-order chi connectivity index (χ0) is 15.6. The summed E-state index contributed by atoms with van der Waals surface area (Å²) in [5.41, 5.74) is 1.02. The van der Waals surface area contributed by atoms with Crippen molar-refractivity contribution >= 4 is 11.6 Å². The molecule has 0 aliphatic heterocycles. The Morgan fingerprint density at radius 2 is 1.90 bits per heavy atom. The number of hydrogen-bond acceptors (Lipinski definition) is 4. The van der Waals surface area contributed by atoms with Crippen molar-refractivity contribution in [2.75, 3.05) is 0 Å². The Hall–Kier alpha value is -1.39. The van der Waals surface area contributed by atoms with Gasteiger partial charge < -0.3 is 4.52 Å². The van der Waals surface area contributed by atoms with Crippen molar-refractivity contribution in [3.05, 3.63) is 46.6 Å². The molecule has 0 aliphatic carbocycles. The number of nitrogens with zero attached hydrogens (tertiary/aromatic N) is 2. The van der Waals surface area contributed by atoms with Crippen LogP contribution >= 0.6 is 11.6 Å². The third-order valence-corrected chi connectivity index (χ3v) is 3.57. The summed E-state index contributed by atoms with van der Waals surface area (Å²) in [5, 5.41) is 8.24. The fourth-order valence-corrected chi connectivity index (χ4v) is 2.23. The number of nitrogens with one attached hydrogen (secondary N) is 1. The van der Waals surface area contributed by atoms with E-state index in [2.05, 4.69) is 43.2 Å². The summed E-state index contributed by atoms with van der Waals surface area (Å²) < 4.78 is 5.36. The van der Waals surface area contributed by atoms with E-state index in [1.165, 1.54) is 0 Å². The second-order valence-electron chi connectivity index (χ2n) is 6.37. The van der Waals surface area contributed by atoms with Crippen LogP contribution in [0.3, 0.4) is 0 Å². The Bertz CT molecular complexity index is 604. The van der Waals surface area contributed by atoms with Gasteiger partial charge in [0.15, 0.2) is 5.82 Å². The number of aromatic nitrogens is 2. The van der Waals surface area contributed by atoms with Crippen molar-refractivity contribution in [3.8, 4) is 0 Å². The molecule has 2 aromatic rings. The summed E-state index contributed by atoms with van der Waals surface area (Å²) in [5.74, 6) is 1.33. The fourth-order valence-electron chi connectivity index (χ4n) is 2.03. The Labute approximate surface area is 130 Å². The molecule has 4 nitrogen and oxygen atoms in total. The first-order valence-electron chi connectivity index (χ1n) is 7.13. The molecular weight excluding hydrogens is 286 g/mol. The molecule has 1 aromatic heterocycles. The van der Waals surface area contributed by atoms with Crippen molar-refractivity contribution in [3.63, 3.8) is 0 Å². The quantitative estimate of drug-likeness (QED) is 0.907. The predicted molar refractivity (Wildman–Crippen MR) is 84.4 cm³/mol. The molecular formula is C16H22ClN3O. The summed E-state index contributed by atoms with van der Waals surface area (Å²) in [7, 11) is 0. The van der Waals surface area contributed by atoms with Gasteiger partial charge in [0.2, 0.25) is 5.89 Å². The van der Waals surface area contributed by atoms with Gasteiger partial charge in [-0.1, -0.05) is 49.7 Å². The number of hydrogen-bond donors (Lipinski definition) is 1. The van der Waals surface area contributed by atoms with Crippen molar-refractivity contribution in [1.82, 2.24) is 15.5 Å². The summed E-state index contributed by atoms with van der Waals surface area (Å²) in [4.78, 5) is 4.48. The van der Waals surface area contributed by atoms with Crippen LogP contribution in [0.5, 0.6) is 0 Å². The summed E-state index contributed by atoms with van der Waals surface area (Å²) >= 11 is 6.03. The van der Waals surface area contributed by atoms with E-state index in [1.807, 2.05) is 31.2 Å². The van der Waals surface area contributed by atoms with Gasteiger partial charge in [-0.2, -0.15) is 4.98 Å². The molecule has 0 bridgehead atoms. The molecule has 0 fully saturated rings. The van der Waals surface area contributed by atoms with Gasteiger partial charge in [-0.25, -0.2) is 0 Å². The lowest BCUT2D eigenvalue weighted by Gasteiger charge is -2.18. The average Bonchev–Trinajstić information content (AvgIpc) is 2.88. The highest BCUT2D eigenvalue weighted by atomic mass is 35.5. The second kappa shape index (κ2) is 6.16. The Balaban J connectivity index is 2.07. The highest BCUT2D eigenvalue weighted by Crippen LogP contribution is 2.23. The monoisotopic (exact) mass is 307 g/mol. The van der Waals surface area contributed by atoms with Crippen molar-refractivity contribution in [2.45, 2.75) is 52.1 Å². The van der Waals surface area contributed by atoms with E-state index in [4.69, 9.17) is 16.1 Å². The molecule has 0 aliphatic rings. The van der Waals surface area contributed by atoms with E-state index in [0.717, 1.165) is 16.4 Å². The smallest absolute Gasteiger partial charge is 0.243 e. The van der Waals surface area contributed by atoms with Gasteiger partial charge in [0.05, 0.1) is 6.04 Å². The molecule has 1 aromatic carbocycles. The summed E-state index contributed by atoms with van der Waals surface area (Å²) in [6, 6.07) is 7.94. The molecule has 114 valence electrons. The SMILES string of the molecule is CC(NC(C)c1nc(C(C)(C)C)no1)c1cccc(Cl)c1. The molecule has 2 unspecified atom stereocenters. The highest BCUT2D eigenvalue weighted by Gasteiger charge is 2.23. The van der Waals surface area contributed by atoms with Crippen molar-refractivity contribution in [2.24, 2.45) is 0 Å². The maximum atomic E-state index is 6.03. The molecule has 21 heavy (non-hydrogen) atoms. The molecule has 2 rings (SSSR count). The van der Waals surface area contributed by atoms with E-state index in [9.17, 15) is 0 Å². The molecule has 2 atom stereocenters. The van der Waals surface area contributed by atoms with E-state index in [-0.39, 0.29) is 17.5 Å². The Kier molecular flexibility index (Phi) is 4.69. The molecule has 1 heterocycles. The van der Waals surface area contributed by atoms with Crippen LogP contribution in [0.2, 0.25) is 5.02 Å². The first kappa shape index (κ1) is 16.0. The first-order chi connectivity index (χ1) is 9.77. The molecule has 5 heteroatoms. The van der Waals surface area contributed by atoms with Gasteiger partial charge in [0, 0.05) is 16.5 Å². The maximum absolute atomic E-state index is 6.03. The third-order valence-electron chi connectivity index (χ3n) is 3.33. The second-order valence-corrected chi connectivity index (χ2v) is 6.81. The van der Waals surface area contributed by atoms with Gasteiger partial charge in [0.25, 0.3) is 0 Å². The van der Waals surface area contributed by atoms with Gasteiger partial charge in [-0.05, 0) is 31.5 Å². The minimum absolute atomic E-state index is 0.0254. The molecule has 0 spiro atoms. The zero-order valence-electron chi connectivity index (χ0n) is 13.1. The van der Waals surface area contributed by atoms with Crippen LogP contribution < -0.4 is 5.32 Å². The Morgan fingerprint density at radius 1 is 1.19 bits per heavy atom. The normalized spacial score (nSPS) is 15.0. The van der Waals surface area contributed by atoms with Gasteiger partial charge in [-0.15, -0.1) is 0 Å². The summed E-state index contributed by atoms with van der Waals surface area (Å²) in [6.07, 6.45) is 0. The topological polar surface area (TPSA) is 51.0 Å². The Morgan fingerprint density at radius 3 is 2.48 bits per heavy atom. The molecule has 0 saturated heterocycles. The zero-order valence-corrected chi connectivity index (χ0v) is 13.9. The third kappa shape index (κ3) is 4.05. The van der Waals surface area contributed by atoms with E-state index in [1.54, 1.807) is 0 Å².